The number of pyridine rings is 1. The summed E-state index contributed by atoms with van der Waals surface area (Å²) in [6.45, 7) is 11.4. The smallest absolute Gasteiger partial charge is 0.263 e. The number of carbonyl (C=O) groups is 1. The molecule has 5 nitrogen and oxygen atoms in total. The molecule has 0 aliphatic carbocycles. The van der Waals surface area contributed by atoms with Crippen LogP contribution in [0.4, 0.5) is 0 Å². The van der Waals surface area contributed by atoms with Crippen LogP contribution in [-0.2, 0) is 6.54 Å². The number of hydrogen-bond acceptors (Lipinski definition) is 3. The van der Waals surface area contributed by atoms with Gasteiger partial charge in [-0.1, -0.05) is 13.8 Å². The van der Waals surface area contributed by atoms with Gasteiger partial charge in [-0.05, 0) is 51.7 Å². The van der Waals surface area contributed by atoms with Crippen LogP contribution >= 0.6 is 0 Å². The number of piperidine rings is 1. The number of aryl methyl sites for hydroxylation is 1. The van der Waals surface area contributed by atoms with Crippen LogP contribution in [0, 0.1) is 18.8 Å². The van der Waals surface area contributed by atoms with Gasteiger partial charge in [0.05, 0.1) is 5.60 Å². The van der Waals surface area contributed by atoms with Crippen molar-refractivity contribution in [2.45, 2.75) is 59.6 Å². The summed E-state index contributed by atoms with van der Waals surface area (Å²) in [4.78, 5) is 27.2. The average Bonchev–Trinajstić information content (AvgIpc) is 2.49. The zero-order valence-electron chi connectivity index (χ0n) is 15.5. The van der Waals surface area contributed by atoms with E-state index in [9.17, 15) is 14.7 Å². The summed E-state index contributed by atoms with van der Waals surface area (Å²) in [5, 5.41) is 10.6. The van der Waals surface area contributed by atoms with Crippen molar-refractivity contribution < 1.29 is 9.90 Å². The maximum Gasteiger partial charge on any atom is 0.263 e. The van der Waals surface area contributed by atoms with Crippen molar-refractivity contribution in [3.8, 4) is 0 Å². The highest BCUT2D eigenvalue weighted by molar-refractivity contribution is 5.94. The molecule has 1 aliphatic heterocycles. The molecule has 1 N–H and O–H groups in total. The Morgan fingerprint density at radius 3 is 2.67 bits per heavy atom. The van der Waals surface area contributed by atoms with E-state index in [1.165, 1.54) is 0 Å². The molecule has 0 radical (unpaired) electrons. The fourth-order valence-electron chi connectivity index (χ4n) is 3.60. The molecule has 2 heterocycles. The summed E-state index contributed by atoms with van der Waals surface area (Å²) in [6, 6.07) is 3.46. The lowest BCUT2D eigenvalue weighted by molar-refractivity contribution is -0.0577. The Bertz CT molecular complexity index is 661. The first-order valence-corrected chi connectivity index (χ1v) is 8.89. The van der Waals surface area contributed by atoms with Crippen molar-refractivity contribution in [2.75, 3.05) is 13.1 Å². The number of amides is 1. The monoisotopic (exact) mass is 334 g/mol. The second-order valence-electron chi connectivity index (χ2n) is 7.62. The van der Waals surface area contributed by atoms with Crippen LogP contribution in [0.1, 0.15) is 56.6 Å². The van der Waals surface area contributed by atoms with E-state index in [1.807, 2.05) is 26.8 Å². The van der Waals surface area contributed by atoms with Crippen LogP contribution < -0.4 is 5.56 Å². The highest BCUT2D eigenvalue weighted by Gasteiger charge is 2.39. The molecular weight excluding hydrogens is 304 g/mol. The van der Waals surface area contributed by atoms with Gasteiger partial charge in [0.25, 0.3) is 11.5 Å². The molecule has 1 aromatic rings. The Kier molecular flexibility index (Phi) is 5.53. The first-order chi connectivity index (χ1) is 11.2. The van der Waals surface area contributed by atoms with E-state index in [-0.39, 0.29) is 22.9 Å². The lowest BCUT2D eigenvalue weighted by Gasteiger charge is -2.43. The third-order valence-corrected chi connectivity index (χ3v) is 5.19. The zero-order valence-corrected chi connectivity index (χ0v) is 15.5. The normalized spacial score (nSPS) is 24.5. The first-order valence-electron chi connectivity index (χ1n) is 8.89. The summed E-state index contributed by atoms with van der Waals surface area (Å²) in [6.07, 6.45) is 1.41. The second-order valence-corrected chi connectivity index (χ2v) is 7.62. The Balaban J connectivity index is 2.26. The molecule has 0 saturated carbocycles. The summed E-state index contributed by atoms with van der Waals surface area (Å²) in [5.74, 6) is 0.272. The van der Waals surface area contributed by atoms with Crippen molar-refractivity contribution in [2.24, 2.45) is 11.8 Å². The minimum atomic E-state index is -0.752. The summed E-state index contributed by atoms with van der Waals surface area (Å²) in [5.41, 5.74) is 0.114. The van der Waals surface area contributed by atoms with Crippen molar-refractivity contribution >= 4 is 5.91 Å². The highest BCUT2D eigenvalue weighted by Crippen LogP contribution is 2.32. The fraction of sp³-hybridized carbons (Fsp3) is 0.684. The molecule has 1 aromatic heterocycles. The molecule has 1 amide bonds. The molecule has 0 bridgehead atoms. The average molecular weight is 334 g/mol. The van der Waals surface area contributed by atoms with Gasteiger partial charge in [0.15, 0.2) is 0 Å². The molecule has 134 valence electrons. The summed E-state index contributed by atoms with van der Waals surface area (Å²) < 4.78 is 1.62. The Morgan fingerprint density at radius 1 is 1.42 bits per heavy atom. The number of carbonyl (C=O) groups excluding carboxylic acids is 1. The third kappa shape index (κ3) is 3.72. The summed E-state index contributed by atoms with van der Waals surface area (Å²) in [7, 11) is 0. The maximum atomic E-state index is 12.9. The van der Waals surface area contributed by atoms with E-state index in [0.29, 0.717) is 32.0 Å². The molecule has 0 spiro atoms. The van der Waals surface area contributed by atoms with Crippen LogP contribution in [0.15, 0.2) is 16.9 Å². The van der Waals surface area contributed by atoms with E-state index >= 15 is 0 Å². The topological polar surface area (TPSA) is 62.5 Å². The van der Waals surface area contributed by atoms with Crippen LogP contribution in [-0.4, -0.2) is 39.2 Å². The number of aromatic nitrogens is 1. The van der Waals surface area contributed by atoms with Gasteiger partial charge < -0.3 is 14.6 Å². The Labute approximate surface area is 144 Å². The van der Waals surface area contributed by atoms with Gasteiger partial charge in [0.2, 0.25) is 0 Å². The molecule has 5 heteroatoms. The SMILES string of the molecule is CCn1c(C)ccc(C(=O)N2CC[C@@](C)(O)[C@@H](CC(C)C)C2)c1=O. The van der Waals surface area contributed by atoms with Gasteiger partial charge in [-0.3, -0.25) is 9.59 Å². The highest BCUT2D eigenvalue weighted by atomic mass is 16.3. The van der Waals surface area contributed by atoms with Crippen LogP contribution in [0.5, 0.6) is 0 Å². The second kappa shape index (κ2) is 7.09. The molecule has 1 aliphatic rings. The van der Waals surface area contributed by atoms with Gasteiger partial charge in [0, 0.05) is 31.2 Å². The molecule has 24 heavy (non-hydrogen) atoms. The predicted octanol–water partition coefficient (Wildman–Crippen LogP) is 2.44. The molecule has 2 atom stereocenters. The van der Waals surface area contributed by atoms with E-state index in [4.69, 9.17) is 0 Å². The van der Waals surface area contributed by atoms with Gasteiger partial charge in [0.1, 0.15) is 5.56 Å². The van der Waals surface area contributed by atoms with E-state index < -0.39 is 5.60 Å². The minimum Gasteiger partial charge on any atom is -0.390 e. The third-order valence-electron chi connectivity index (χ3n) is 5.19. The molecule has 0 unspecified atom stereocenters. The maximum absolute atomic E-state index is 12.9. The van der Waals surface area contributed by atoms with Crippen LogP contribution in [0.2, 0.25) is 0 Å². The van der Waals surface area contributed by atoms with Gasteiger partial charge in [-0.25, -0.2) is 0 Å². The number of hydrogen-bond donors (Lipinski definition) is 1. The molecule has 1 fully saturated rings. The van der Waals surface area contributed by atoms with Crippen molar-refractivity contribution in [1.82, 2.24) is 9.47 Å². The number of aliphatic hydroxyl groups is 1. The fourth-order valence-corrected chi connectivity index (χ4v) is 3.60. The predicted molar refractivity (Wildman–Crippen MR) is 95.2 cm³/mol. The first kappa shape index (κ1) is 18.7. The molecular formula is C19H30N2O3. The quantitative estimate of drug-likeness (QED) is 0.920. The lowest BCUT2D eigenvalue weighted by atomic mass is 9.78. The van der Waals surface area contributed by atoms with Crippen molar-refractivity contribution in [3.63, 3.8) is 0 Å². The van der Waals surface area contributed by atoms with E-state index in [1.54, 1.807) is 15.5 Å². The van der Waals surface area contributed by atoms with Crippen molar-refractivity contribution in [1.29, 1.82) is 0 Å². The van der Waals surface area contributed by atoms with Crippen LogP contribution in [0.25, 0.3) is 0 Å². The van der Waals surface area contributed by atoms with Gasteiger partial charge >= 0.3 is 0 Å². The minimum absolute atomic E-state index is 0.0362. The molecule has 1 saturated heterocycles. The van der Waals surface area contributed by atoms with Crippen LogP contribution in [0.3, 0.4) is 0 Å². The Morgan fingerprint density at radius 2 is 2.08 bits per heavy atom. The standard InChI is InChI=1S/C19H30N2O3/c1-6-21-14(4)7-8-16(18(21)23)17(22)20-10-9-19(5,24)15(12-20)11-13(2)3/h7-8,13,15,24H,6,9-12H2,1-5H3/t15-,19+/m0/s1. The molecule has 0 aromatic carbocycles. The van der Waals surface area contributed by atoms with E-state index in [0.717, 1.165) is 12.1 Å². The number of likely N-dealkylation sites (tertiary alicyclic amines) is 1. The number of rotatable bonds is 4. The van der Waals surface area contributed by atoms with Crippen molar-refractivity contribution in [3.05, 3.63) is 33.7 Å². The largest absolute Gasteiger partial charge is 0.390 e. The Hall–Kier alpha value is -1.62. The van der Waals surface area contributed by atoms with Gasteiger partial charge in [-0.15, -0.1) is 0 Å². The van der Waals surface area contributed by atoms with Gasteiger partial charge in [-0.2, -0.15) is 0 Å². The lowest BCUT2D eigenvalue weighted by Crippen LogP contribution is -2.53. The number of nitrogens with zero attached hydrogens (tertiary/aromatic N) is 2. The van der Waals surface area contributed by atoms with E-state index in [2.05, 4.69) is 13.8 Å². The zero-order chi connectivity index (χ0) is 18.1. The summed E-state index contributed by atoms with van der Waals surface area (Å²) >= 11 is 0. The molecule has 2 rings (SSSR count).